The number of ether oxygens (including phenoxy) is 2. The first-order valence-corrected chi connectivity index (χ1v) is 16.9. The molecule has 0 bridgehead atoms. The van der Waals surface area contributed by atoms with E-state index in [9.17, 15) is 9.59 Å². The average Bonchev–Trinajstić information content (AvgIpc) is 3.89. The summed E-state index contributed by atoms with van der Waals surface area (Å²) in [6.07, 6.45) is 7.65. The summed E-state index contributed by atoms with van der Waals surface area (Å²) in [5.74, 6) is 0.262. The maximum absolute atomic E-state index is 13.8. The molecule has 10 heteroatoms. The Balaban J connectivity index is 1.02. The molecule has 246 valence electrons. The molecule has 3 heterocycles. The Hall–Kier alpha value is -4.09. The third-order valence-corrected chi connectivity index (χ3v) is 10.3. The molecule has 4 N–H and O–H groups in total. The zero-order valence-corrected chi connectivity index (χ0v) is 26.9. The van der Waals surface area contributed by atoms with Gasteiger partial charge in [0.2, 0.25) is 18.2 Å². The first kappa shape index (κ1) is 31.5. The number of anilines is 1. The van der Waals surface area contributed by atoms with Crippen molar-refractivity contribution in [3.63, 3.8) is 0 Å². The number of nitrogens with zero attached hydrogens (tertiary/aromatic N) is 2. The smallest absolute Gasteiger partial charge is 0.247 e. The molecule has 3 aromatic carbocycles. The molecule has 2 amide bonds. The zero-order chi connectivity index (χ0) is 32.2. The Labute approximate surface area is 276 Å². The SMILES string of the molecule is CN[C@@H](C1CCCC1)C1(c2ccc(-c3ccc(NC(=O)[C@@H]4CCCN4C(=O)[C@H](NC4OCO4)c4ccccc4)cc3)cc2)CNC=N1. The molecule has 0 aromatic heterocycles. The molecule has 3 aromatic rings. The lowest BCUT2D eigenvalue weighted by Gasteiger charge is -2.38. The van der Waals surface area contributed by atoms with E-state index in [4.69, 9.17) is 14.5 Å². The maximum Gasteiger partial charge on any atom is 0.247 e. The topological polar surface area (TPSA) is 116 Å². The van der Waals surface area contributed by atoms with Crippen LogP contribution in [0, 0.1) is 5.92 Å². The van der Waals surface area contributed by atoms with Crippen molar-refractivity contribution in [2.75, 3.05) is 32.2 Å². The molecule has 1 aliphatic carbocycles. The Kier molecular flexibility index (Phi) is 9.35. The summed E-state index contributed by atoms with van der Waals surface area (Å²) in [7, 11) is 2.06. The number of hydrogen-bond donors (Lipinski definition) is 4. The normalized spacial score (nSPS) is 24.1. The van der Waals surface area contributed by atoms with Crippen LogP contribution in [0.2, 0.25) is 0 Å². The van der Waals surface area contributed by atoms with Gasteiger partial charge >= 0.3 is 0 Å². The van der Waals surface area contributed by atoms with E-state index in [1.165, 1.54) is 31.2 Å². The Bertz CT molecular complexity index is 1560. The van der Waals surface area contributed by atoms with E-state index in [-0.39, 0.29) is 30.2 Å². The van der Waals surface area contributed by atoms with Gasteiger partial charge in [-0.3, -0.25) is 19.9 Å². The zero-order valence-electron chi connectivity index (χ0n) is 26.9. The summed E-state index contributed by atoms with van der Waals surface area (Å²) in [6.45, 7) is 1.50. The number of aliphatic imine (C=N–C) groups is 1. The molecule has 0 spiro atoms. The van der Waals surface area contributed by atoms with E-state index >= 15 is 0 Å². The molecule has 10 nitrogen and oxygen atoms in total. The predicted octanol–water partition coefficient (Wildman–Crippen LogP) is 4.51. The van der Waals surface area contributed by atoms with Crippen LogP contribution in [0.15, 0.2) is 83.9 Å². The fourth-order valence-electron chi connectivity index (χ4n) is 7.82. The number of amides is 2. The first-order chi connectivity index (χ1) is 23.1. The number of rotatable bonds is 11. The van der Waals surface area contributed by atoms with Crippen LogP contribution in [0.25, 0.3) is 11.1 Å². The van der Waals surface area contributed by atoms with Crippen LogP contribution in [-0.2, 0) is 24.6 Å². The molecule has 0 radical (unpaired) electrons. The minimum Gasteiger partial charge on any atom is -0.374 e. The van der Waals surface area contributed by atoms with Gasteiger partial charge in [0.25, 0.3) is 0 Å². The van der Waals surface area contributed by atoms with Crippen LogP contribution in [0.1, 0.15) is 55.7 Å². The van der Waals surface area contributed by atoms with Crippen molar-refractivity contribution in [3.8, 4) is 11.1 Å². The van der Waals surface area contributed by atoms with Crippen molar-refractivity contribution >= 4 is 23.8 Å². The molecular formula is C37H44N6O4. The van der Waals surface area contributed by atoms with Gasteiger partial charge in [-0.15, -0.1) is 0 Å². The van der Waals surface area contributed by atoms with E-state index < -0.39 is 18.5 Å². The fraction of sp³-hybridized carbons (Fsp3) is 0.432. The van der Waals surface area contributed by atoms with Gasteiger partial charge in [0.05, 0.1) is 6.34 Å². The van der Waals surface area contributed by atoms with Crippen molar-refractivity contribution in [2.24, 2.45) is 10.9 Å². The Morgan fingerprint density at radius 2 is 1.62 bits per heavy atom. The van der Waals surface area contributed by atoms with E-state index in [1.54, 1.807) is 4.90 Å². The number of likely N-dealkylation sites (tertiary alicyclic amines) is 1. The summed E-state index contributed by atoms with van der Waals surface area (Å²) in [4.78, 5) is 34.0. The number of carbonyl (C=O) groups is 2. The second-order valence-corrected chi connectivity index (χ2v) is 13.0. The summed E-state index contributed by atoms with van der Waals surface area (Å²) in [5.41, 5.74) is 4.55. The van der Waals surface area contributed by atoms with E-state index in [0.717, 1.165) is 29.7 Å². The van der Waals surface area contributed by atoms with Gasteiger partial charge in [0, 0.05) is 24.8 Å². The molecular weight excluding hydrogens is 592 g/mol. The number of hydrogen-bond acceptors (Lipinski definition) is 8. The molecule has 3 fully saturated rings. The lowest BCUT2D eigenvalue weighted by molar-refractivity contribution is -0.335. The molecule has 2 saturated heterocycles. The van der Waals surface area contributed by atoms with Gasteiger partial charge in [-0.2, -0.15) is 0 Å². The minimum atomic E-state index is -0.681. The lowest BCUT2D eigenvalue weighted by Crippen LogP contribution is -2.52. The molecule has 47 heavy (non-hydrogen) atoms. The Morgan fingerprint density at radius 3 is 2.23 bits per heavy atom. The second-order valence-electron chi connectivity index (χ2n) is 13.0. The van der Waals surface area contributed by atoms with Gasteiger partial charge in [-0.05, 0) is 73.0 Å². The van der Waals surface area contributed by atoms with Gasteiger partial charge in [-0.1, -0.05) is 79.6 Å². The van der Waals surface area contributed by atoms with Crippen molar-refractivity contribution in [1.29, 1.82) is 0 Å². The predicted molar refractivity (Wildman–Crippen MR) is 181 cm³/mol. The van der Waals surface area contributed by atoms with Crippen molar-refractivity contribution in [3.05, 3.63) is 90.0 Å². The average molecular weight is 637 g/mol. The molecule has 4 aliphatic rings. The van der Waals surface area contributed by atoms with E-state index in [1.807, 2.05) is 60.9 Å². The van der Waals surface area contributed by atoms with E-state index in [2.05, 4.69) is 52.6 Å². The lowest BCUT2D eigenvalue weighted by atomic mass is 9.76. The van der Waals surface area contributed by atoms with Crippen LogP contribution in [-0.4, -0.2) is 68.5 Å². The van der Waals surface area contributed by atoms with Crippen LogP contribution in [0.5, 0.6) is 0 Å². The van der Waals surface area contributed by atoms with Crippen LogP contribution in [0.4, 0.5) is 5.69 Å². The van der Waals surface area contributed by atoms with E-state index in [0.29, 0.717) is 24.6 Å². The van der Waals surface area contributed by atoms with Crippen molar-refractivity contribution in [1.82, 2.24) is 20.9 Å². The highest BCUT2D eigenvalue weighted by molar-refractivity contribution is 5.98. The largest absolute Gasteiger partial charge is 0.374 e. The molecule has 7 rings (SSSR count). The van der Waals surface area contributed by atoms with Gasteiger partial charge < -0.3 is 30.3 Å². The highest BCUT2D eigenvalue weighted by Crippen LogP contribution is 2.41. The second kappa shape index (κ2) is 13.9. The number of carbonyl (C=O) groups excluding carboxylic acids is 2. The third kappa shape index (κ3) is 6.43. The molecule has 3 aliphatic heterocycles. The number of benzene rings is 3. The van der Waals surface area contributed by atoms with Crippen molar-refractivity contribution < 1.29 is 19.1 Å². The first-order valence-electron chi connectivity index (χ1n) is 16.9. The number of likely N-dealkylation sites (N-methyl/N-ethyl adjacent to an activating group) is 1. The molecule has 4 atom stereocenters. The Morgan fingerprint density at radius 1 is 0.915 bits per heavy atom. The van der Waals surface area contributed by atoms with Crippen molar-refractivity contribution in [2.45, 2.75) is 68.6 Å². The maximum atomic E-state index is 13.8. The van der Waals surface area contributed by atoms with Crippen LogP contribution in [0.3, 0.4) is 0 Å². The van der Waals surface area contributed by atoms with Gasteiger partial charge in [-0.25, -0.2) is 0 Å². The monoisotopic (exact) mass is 636 g/mol. The number of nitrogens with one attached hydrogen (secondary N) is 4. The highest BCUT2D eigenvalue weighted by Gasteiger charge is 2.45. The van der Waals surface area contributed by atoms with Gasteiger partial charge in [0.1, 0.15) is 17.6 Å². The third-order valence-electron chi connectivity index (χ3n) is 10.3. The van der Waals surface area contributed by atoms with Crippen LogP contribution >= 0.6 is 0 Å². The minimum absolute atomic E-state index is 0.170. The highest BCUT2D eigenvalue weighted by atomic mass is 16.9. The molecule has 1 saturated carbocycles. The summed E-state index contributed by atoms with van der Waals surface area (Å²) in [6, 6.07) is 25.1. The quantitative estimate of drug-likeness (QED) is 0.245. The summed E-state index contributed by atoms with van der Waals surface area (Å²) < 4.78 is 10.7. The summed E-state index contributed by atoms with van der Waals surface area (Å²) in [5, 5.41) is 13.2. The van der Waals surface area contributed by atoms with Crippen LogP contribution < -0.4 is 21.3 Å². The molecule has 1 unspecified atom stereocenters. The van der Waals surface area contributed by atoms with Gasteiger partial charge in [0.15, 0.2) is 6.79 Å². The standard InChI is InChI=1S/C37H44N6O4/c1-38-33(28-10-5-6-11-28)37(22-39-23-40-37)29-17-13-25(14-18-29)26-15-19-30(20-16-26)41-34(44)31-12-7-21-43(31)35(45)32(42-36-46-24-47-36)27-8-3-2-4-9-27/h2-4,8-9,13-20,23,28,31-33,36,38,42H,5-7,10-12,21-22,24H2,1H3,(H,39,40)(H,41,44)/t31-,32+,33-,37?/m0/s1. The fourth-order valence-corrected chi connectivity index (χ4v) is 7.82. The summed E-state index contributed by atoms with van der Waals surface area (Å²) >= 11 is 0.